The molecule has 0 fully saturated rings. The van der Waals surface area contributed by atoms with E-state index >= 15 is 0 Å². The second-order valence-corrected chi connectivity index (χ2v) is 7.38. The van der Waals surface area contributed by atoms with Gasteiger partial charge in [0, 0.05) is 35.0 Å². The van der Waals surface area contributed by atoms with Crippen LogP contribution >= 0.6 is 0 Å². The van der Waals surface area contributed by atoms with E-state index in [2.05, 4.69) is 25.6 Å². The van der Waals surface area contributed by atoms with Gasteiger partial charge in [-0.2, -0.15) is 0 Å². The molecular weight excluding hydrogens is 460 g/mol. The van der Waals surface area contributed by atoms with Crippen LogP contribution in [0.4, 0.5) is 17.1 Å². The third kappa shape index (κ3) is 4.64. The number of hydrogen-bond acceptors (Lipinski definition) is 10. The summed E-state index contributed by atoms with van der Waals surface area (Å²) >= 11 is 0. The zero-order valence-corrected chi connectivity index (χ0v) is 17.9. The van der Waals surface area contributed by atoms with Gasteiger partial charge in [0.2, 0.25) is 11.4 Å². The number of aromatic hydroxyl groups is 2. The minimum Gasteiger partial charge on any atom is -0.504 e. The van der Waals surface area contributed by atoms with Crippen LogP contribution in [0.3, 0.4) is 0 Å². The molecule has 0 atom stereocenters. The van der Waals surface area contributed by atoms with Gasteiger partial charge < -0.3 is 26.6 Å². The SMILES string of the molecule is NC(=O)c1ccc(O)c(O)c1CCNC(=O)c1ccc(Nc2ccc([N+](=O)[O-])c3nonc23)cc1. The lowest BCUT2D eigenvalue weighted by molar-refractivity contribution is -0.383. The molecule has 6 N–H and O–H groups in total. The van der Waals surface area contributed by atoms with Crippen LogP contribution in [0, 0.1) is 10.1 Å². The van der Waals surface area contributed by atoms with E-state index in [0.717, 1.165) is 6.07 Å². The van der Waals surface area contributed by atoms with Crippen molar-refractivity contribution in [2.24, 2.45) is 5.73 Å². The number of carbonyl (C=O) groups excluding carboxylic acids is 2. The summed E-state index contributed by atoms with van der Waals surface area (Å²) in [5, 5.41) is 43.8. The van der Waals surface area contributed by atoms with Crippen LogP contribution < -0.4 is 16.4 Å². The van der Waals surface area contributed by atoms with Gasteiger partial charge >= 0.3 is 5.69 Å². The average Bonchev–Trinajstić information content (AvgIpc) is 3.32. The predicted octanol–water partition coefficient (Wildman–Crippen LogP) is 2.36. The molecule has 0 aliphatic heterocycles. The number of amides is 2. The smallest absolute Gasteiger partial charge is 0.300 e. The Kier molecular flexibility index (Phi) is 6.14. The van der Waals surface area contributed by atoms with Gasteiger partial charge in [0.1, 0.15) is 0 Å². The topological polar surface area (TPSA) is 207 Å². The molecule has 0 aliphatic rings. The van der Waals surface area contributed by atoms with Crippen molar-refractivity contribution < 1.29 is 29.4 Å². The number of fused-ring (bicyclic) bond motifs is 1. The third-order valence-corrected chi connectivity index (χ3v) is 5.20. The molecule has 0 bridgehead atoms. The lowest BCUT2D eigenvalue weighted by Crippen LogP contribution is -2.26. The maximum atomic E-state index is 12.5. The molecule has 178 valence electrons. The third-order valence-electron chi connectivity index (χ3n) is 5.20. The van der Waals surface area contributed by atoms with Gasteiger partial charge in [-0.1, -0.05) is 0 Å². The van der Waals surface area contributed by atoms with E-state index in [4.69, 9.17) is 5.73 Å². The number of anilines is 2. The maximum absolute atomic E-state index is 12.5. The molecule has 3 aromatic carbocycles. The summed E-state index contributed by atoms with van der Waals surface area (Å²) in [5.74, 6) is -2.04. The van der Waals surface area contributed by atoms with E-state index in [1.807, 2.05) is 0 Å². The highest BCUT2D eigenvalue weighted by Gasteiger charge is 2.20. The minimum atomic E-state index is -0.767. The first-order valence-corrected chi connectivity index (χ1v) is 10.1. The Morgan fingerprint density at radius 1 is 1.03 bits per heavy atom. The predicted molar refractivity (Wildman–Crippen MR) is 123 cm³/mol. The van der Waals surface area contributed by atoms with E-state index in [-0.39, 0.29) is 40.8 Å². The first-order valence-electron chi connectivity index (χ1n) is 10.1. The molecule has 0 radical (unpaired) electrons. The summed E-state index contributed by atoms with van der Waals surface area (Å²) < 4.78 is 4.64. The molecular formula is C22H18N6O7. The number of nitrogens with two attached hydrogens (primary N) is 1. The Hall–Kier alpha value is -5.20. The van der Waals surface area contributed by atoms with Gasteiger partial charge in [0.25, 0.3) is 5.91 Å². The molecule has 0 unspecified atom stereocenters. The van der Waals surface area contributed by atoms with Gasteiger partial charge in [-0.05, 0) is 59.2 Å². The largest absolute Gasteiger partial charge is 0.504 e. The molecule has 0 aliphatic carbocycles. The monoisotopic (exact) mass is 478 g/mol. The molecule has 1 heterocycles. The van der Waals surface area contributed by atoms with Crippen molar-refractivity contribution in [3.63, 3.8) is 0 Å². The van der Waals surface area contributed by atoms with Gasteiger partial charge in [0.15, 0.2) is 17.0 Å². The maximum Gasteiger partial charge on any atom is 0.300 e. The van der Waals surface area contributed by atoms with Crippen LogP contribution in [0.5, 0.6) is 11.5 Å². The molecule has 13 heteroatoms. The number of phenolic OH excluding ortho intramolecular Hbond substituents is 2. The highest BCUT2D eigenvalue weighted by molar-refractivity contribution is 5.97. The number of aromatic nitrogens is 2. The summed E-state index contributed by atoms with van der Waals surface area (Å²) in [6, 6.07) is 11.6. The molecule has 2 amide bonds. The number of benzene rings is 3. The summed E-state index contributed by atoms with van der Waals surface area (Å²) in [4.78, 5) is 34.6. The van der Waals surface area contributed by atoms with E-state index in [1.165, 1.54) is 18.2 Å². The van der Waals surface area contributed by atoms with Crippen LogP contribution in [0.25, 0.3) is 11.0 Å². The van der Waals surface area contributed by atoms with E-state index in [9.17, 15) is 29.9 Å². The van der Waals surface area contributed by atoms with Crippen molar-refractivity contribution in [1.82, 2.24) is 15.6 Å². The molecule has 0 saturated heterocycles. The Bertz CT molecular complexity index is 1450. The minimum absolute atomic E-state index is 0.00765. The summed E-state index contributed by atoms with van der Waals surface area (Å²) in [7, 11) is 0. The van der Waals surface area contributed by atoms with Crippen molar-refractivity contribution in [2.45, 2.75) is 6.42 Å². The Balaban J connectivity index is 1.42. The number of hydrogen-bond donors (Lipinski definition) is 5. The number of nitrogens with zero attached hydrogens (tertiary/aromatic N) is 3. The summed E-state index contributed by atoms with van der Waals surface area (Å²) in [6.45, 7) is 0.0655. The van der Waals surface area contributed by atoms with E-state index in [1.54, 1.807) is 24.3 Å². The number of carbonyl (C=O) groups is 2. The molecule has 1 aromatic heterocycles. The standard InChI is InChI=1S/C22H18N6O7/c23-21(31)14-5-8-17(29)20(30)13(14)9-10-24-22(32)11-1-3-12(4-2-11)25-15-6-7-16(28(33)34)19-18(15)26-35-27-19/h1-8,25,29-30H,9-10H2,(H2,23,31)(H,24,32). The van der Waals surface area contributed by atoms with Crippen LogP contribution in [0.1, 0.15) is 26.3 Å². The Morgan fingerprint density at radius 3 is 2.43 bits per heavy atom. The van der Waals surface area contributed by atoms with Crippen molar-refractivity contribution in [3.05, 3.63) is 75.3 Å². The zero-order valence-electron chi connectivity index (χ0n) is 17.9. The van der Waals surface area contributed by atoms with Crippen LogP contribution in [0.2, 0.25) is 0 Å². The molecule has 13 nitrogen and oxygen atoms in total. The molecule has 35 heavy (non-hydrogen) atoms. The number of nitrogens with one attached hydrogen (secondary N) is 2. The fourth-order valence-electron chi connectivity index (χ4n) is 3.47. The van der Waals surface area contributed by atoms with E-state index in [0.29, 0.717) is 16.9 Å². The number of nitro groups is 1. The van der Waals surface area contributed by atoms with Gasteiger partial charge in [-0.3, -0.25) is 19.7 Å². The lowest BCUT2D eigenvalue weighted by atomic mass is 10.0. The average molecular weight is 478 g/mol. The molecule has 4 rings (SSSR count). The normalized spacial score (nSPS) is 10.7. The Morgan fingerprint density at radius 2 is 1.74 bits per heavy atom. The number of rotatable bonds is 8. The quantitative estimate of drug-likeness (QED) is 0.142. The van der Waals surface area contributed by atoms with Gasteiger partial charge in [-0.15, -0.1) is 0 Å². The molecule has 0 spiro atoms. The van der Waals surface area contributed by atoms with Crippen molar-refractivity contribution in [1.29, 1.82) is 0 Å². The van der Waals surface area contributed by atoms with Gasteiger partial charge in [-0.25, -0.2) is 4.63 Å². The Labute approximate surface area is 196 Å². The number of phenols is 2. The zero-order chi connectivity index (χ0) is 25.1. The first kappa shape index (κ1) is 23.0. The summed E-state index contributed by atoms with van der Waals surface area (Å²) in [5.41, 5.74) is 6.79. The second kappa shape index (κ2) is 9.35. The molecule has 4 aromatic rings. The number of nitro benzene ring substituents is 1. The first-order chi connectivity index (χ1) is 16.8. The fraction of sp³-hybridized carbons (Fsp3) is 0.0909. The highest BCUT2D eigenvalue weighted by atomic mass is 16.6. The van der Waals surface area contributed by atoms with Crippen molar-refractivity contribution >= 4 is 39.9 Å². The summed E-state index contributed by atoms with van der Waals surface area (Å²) in [6.07, 6.45) is 0.0613. The van der Waals surface area contributed by atoms with Crippen molar-refractivity contribution in [3.8, 4) is 11.5 Å². The lowest BCUT2D eigenvalue weighted by Gasteiger charge is -2.12. The van der Waals surface area contributed by atoms with Crippen LogP contribution in [-0.2, 0) is 6.42 Å². The van der Waals surface area contributed by atoms with Crippen LogP contribution in [0.15, 0.2) is 53.2 Å². The van der Waals surface area contributed by atoms with Gasteiger partial charge in [0.05, 0.1) is 10.6 Å². The van der Waals surface area contributed by atoms with E-state index < -0.39 is 28.2 Å². The van der Waals surface area contributed by atoms with Crippen molar-refractivity contribution in [2.75, 3.05) is 11.9 Å². The fourth-order valence-corrected chi connectivity index (χ4v) is 3.47. The molecule has 0 saturated carbocycles. The second-order valence-electron chi connectivity index (χ2n) is 7.38. The van der Waals surface area contributed by atoms with Crippen LogP contribution in [-0.4, -0.2) is 43.8 Å². The highest BCUT2D eigenvalue weighted by Crippen LogP contribution is 2.32. The number of primary amides is 1. The number of non-ortho nitro benzene ring substituents is 1.